The van der Waals surface area contributed by atoms with Crippen LogP contribution in [0.1, 0.15) is 0 Å². The van der Waals surface area contributed by atoms with Crippen molar-refractivity contribution in [1.29, 1.82) is 0 Å². The number of ether oxygens (including phenoxy) is 1. The Hall–Kier alpha value is -1.96. The van der Waals surface area contributed by atoms with Crippen molar-refractivity contribution in [2.45, 2.75) is 4.90 Å². The molecule has 0 saturated carbocycles. The van der Waals surface area contributed by atoms with Gasteiger partial charge in [-0.1, -0.05) is 23.2 Å². The van der Waals surface area contributed by atoms with Crippen LogP contribution in [0.15, 0.2) is 47.4 Å². The summed E-state index contributed by atoms with van der Waals surface area (Å²) in [6.07, 6.45) is -0.447. The fourth-order valence-corrected chi connectivity index (χ4v) is 3.83. The summed E-state index contributed by atoms with van der Waals surface area (Å²) in [5, 5.41) is 0.645. The first-order chi connectivity index (χ1) is 11.3. The lowest BCUT2D eigenvalue weighted by molar-refractivity contribution is 0.181. The SMILES string of the molecule is O=C1OCCN1c1ccc(S(=O)(=O)Nc2cc(Cl)cc(Cl)c2)cc1. The van der Waals surface area contributed by atoms with E-state index in [9.17, 15) is 13.2 Å². The number of sulfonamides is 1. The summed E-state index contributed by atoms with van der Waals surface area (Å²) in [6, 6.07) is 10.3. The Morgan fingerprint density at radius 2 is 1.67 bits per heavy atom. The van der Waals surface area contributed by atoms with Crippen LogP contribution < -0.4 is 9.62 Å². The number of carbonyl (C=O) groups excluding carboxylic acids is 1. The molecule has 9 heteroatoms. The first kappa shape index (κ1) is 16.9. The first-order valence-corrected chi connectivity index (χ1v) is 9.12. The molecule has 1 saturated heterocycles. The van der Waals surface area contributed by atoms with Crippen molar-refractivity contribution in [2.24, 2.45) is 0 Å². The van der Waals surface area contributed by atoms with Gasteiger partial charge in [-0.15, -0.1) is 0 Å². The number of anilines is 2. The van der Waals surface area contributed by atoms with Gasteiger partial charge in [0.1, 0.15) is 6.61 Å². The molecule has 0 unspecified atom stereocenters. The van der Waals surface area contributed by atoms with E-state index in [0.29, 0.717) is 28.9 Å². The van der Waals surface area contributed by atoms with Crippen molar-refractivity contribution >= 4 is 50.7 Å². The molecule has 2 aromatic rings. The normalized spacial score (nSPS) is 14.6. The van der Waals surface area contributed by atoms with Crippen LogP contribution in [0, 0.1) is 0 Å². The van der Waals surface area contributed by atoms with E-state index in [1.807, 2.05) is 0 Å². The van der Waals surface area contributed by atoms with Gasteiger partial charge in [-0.2, -0.15) is 0 Å². The third-order valence-electron chi connectivity index (χ3n) is 3.33. The van der Waals surface area contributed by atoms with Gasteiger partial charge in [0.2, 0.25) is 0 Å². The van der Waals surface area contributed by atoms with Gasteiger partial charge in [-0.25, -0.2) is 13.2 Å². The van der Waals surface area contributed by atoms with Crippen molar-refractivity contribution < 1.29 is 17.9 Å². The van der Waals surface area contributed by atoms with Crippen molar-refractivity contribution in [3.63, 3.8) is 0 Å². The molecule has 1 aliphatic rings. The lowest BCUT2D eigenvalue weighted by Crippen LogP contribution is -2.23. The lowest BCUT2D eigenvalue weighted by Gasteiger charge is -2.14. The molecular formula is C15H12Cl2N2O4S. The molecule has 1 N–H and O–H groups in total. The van der Waals surface area contributed by atoms with Crippen LogP contribution in [0.3, 0.4) is 0 Å². The molecule has 1 fully saturated rings. The fraction of sp³-hybridized carbons (Fsp3) is 0.133. The maximum Gasteiger partial charge on any atom is 0.414 e. The van der Waals surface area contributed by atoms with E-state index in [1.165, 1.54) is 35.2 Å². The zero-order valence-corrected chi connectivity index (χ0v) is 14.5. The summed E-state index contributed by atoms with van der Waals surface area (Å²) in [7, 11) is -3.80. The van der Waals surface area contributed by atoms with Crippen LogP contribution in [0.2, 0.25) is 10.0 Å². The minimum Gasteiger partial charge on any atom is -0.447 e. The Kier molecular flexibility index (Phi) is 4.58. The molecule has 1 amide bonds. The second kappa shape index (κ2) is 6.51. The fourth-order valence-electron chi connectivity index (χ4n) is 2.26. The highest BCUT2D eigenvalue weighted by Crippen LogP contribution is 2.26. The number of hydrogen-bond acceptors (Lipinski definition) is 4. The maximum absolute atomic E-state index is 12.4. The molecule has 0 bridgehead atoms. The van der Waals surface area contributed by atoms with Crippen molar-refractivity contribution in [3.8, 4) is 0 Å². The number of carbonyl (C=O) groups is 1. The van der Waals surface area contributed by atoms with Gasteiger partial charge in [0.15, 0.2) is 0 Å². The first-order valence-electron chi connectivity index (χ1n) is 6.88. The number of nitrogens with zero attached hydrogens (tertiary/aromatic N) is 1. The van der Waals surface area contributed by atoms with Gasteiger partial charge >= 0.3 is 6.09 Å². The minimum absolute atomic E-state index is 0.0508. The van der Waals surface area contributed by atoms with E-state index >= 15 is 0 Å². The predicted octanol–water partition coefficient (Wildman–Crippen LogP) is 3.75. The van der Waals surface area contributed by atoms with Crippen LogP contribution in [0.5, 0.6) is 0 Å². The van der Waals surface area contributed by atoms with Gasteiger partial charge in [-0.3, -0.25) is 9.62 Å². The molecule has 1 heterocycles. The van der Waals surface area contributed by atoms with Gasteiger partial charge in [0, 0.05) is 15.7 Å². The zero-order chi connectivity index (χ0) is 17.3. The molecule has 6 nitrogen and oxygen atoms in total. The monoisotopic (exact) mass is 386 g/mol. The van der Waals surface area contributed by atoms with Gasteiger partial charge in [0.05, 0.1) is 17.1 Å². The molecular weight excluding hydrogens is 375 g/mol. The second-order valence-corrected chi connectivity index (χ2v) is 7.58. The topological polar surface area (TPSA) is 75.7 Å². The molecule has 126 valence electrons. The van der Waals surface area contributed by atoms with E-state index in [2.05, 4.69) is 4.72 Å². The van der Waals surface area contributed by atoms with Gasteiger partial charge in [-0.05, 0) is 42.5 Å². The summed E-state index contributed by atoms with van der Waals surface area (Å²) >= 11 is 11.7. The van der Waals surface area contributed by atoms with Crippen molar-refractivity contribution in [3.05, 3.63) is 52.5 Å². The van der Waals surface area contributed by atoms with E-state index in [0.717, 1.165) is 0 Å². The molecule has 2 aromatic carbocycles. The van der Waals surface area contributed by atoms with Crippen molar-refractivity contribution in [2.75, 3.05) is 22.8 Å². The quantitative estimate of drug-likeness (QED) is 0.867. The largest absolute Gasteiger partial charge is 0.447 e. The number of nitrogens with one attached hydrogen (secondary N) is 1. The highest BCUT2D eigenvalue weighted by atomic mass is 35.5. The molecule has 0 radical (unpaired) electrons. The molecule has 1 aliphatic heterocycles. The molecule has 0 aromatic heterocycles. The standard InChI is InChI=1S/C15H12Cl2N2O4S/c16-10-7-11(17)9-12(8-10)18-24(21,22)14-3-1-13(2-4-14)19-5-6-23-15(19)20/h1-4,7-9,18H,5-6H2. The number of rotatable bonds is 4. The highest BCUT2D eigenvalue weighted by molar-refractivity contribution is 7.92. The number of hydrogen-bond donors (Lipinski definition) is 1. The Morgan fingerprint density at radius 3 is 2.21 bits per heavy atom. The van der Waals surface area contributed by atoms with Crippen LogP contribution in [0.25, 0.3) is 0 Å². The Labute approximate surface area is 149 Å². The molecule has 0 aliphatic carbocycles. The Balaban J connectivity index is 1.83. The third kappa shape index (κ3) is 3.58. The third-order valence-corrected chi connectivity index (χ3v) is 5.17. The Bertz CT molecular complexity index is 865. The van der Waals surface area contributed by atoms with E-state index < -0.39 is 16.1 Å². The van der Waals surface area contributed by atoms with Crippen molar-refractivity contribution in [1.82, 2.24) is 0 Å². The summed E-state index contributed by atoms with van der Waals surface area (Å²) < 4.78 is 32.1. The molecule has 0 spiro atoms. The van der Waals surface area contributed by atoms with Crippen LogP contribution in [-0.2, 0) is 14.8 Å². The zero-order valence-electron chi connectivity index (χ0n) is 12.2. The summed E-state index contributed by atoms with van der Waals surface area (Å²) in [6.45, 7) is 0.750. The van der Waals surface area contributed by atoms with Crippen LogP contribution in [-0.4, -0.2) is 27.7 Å². The molecule has 24 heavy (non-hydrogen) atoms. The van der Waals surface area contributed by atoms with Gasteiger partial charge < -0.3 is 4.74 Å². The minimum atomic E-state index is -3.80. The average Bonchev–Trinajstić information content (AvgIpc) is 2.92. The van der Waals surface area contributed by atoms with Gasteiger partial charge in [0.25, 0.3) is 10.0 Å². The summed E-state index contributed by atoms with van der Waals surface area (Å²) in [5.41, 5.74) is 0.835. The molecule has 0 atom stereocenters. The number of amides is 1. The number of halogens is 2. The predicted molar refractivity (Wildman–Crippen MR) is 92.4 cm³/mol. The smallest absolute Gasteiger partial charge is 0.414 e. The lowest BCUT2D eigenvalue weighted by atomic mass is 10.3. The molecule has 3 rings (SSSR count). The van der Waals surface area contributed by atoms with Crippen LogP contribution >= 0.6 is 23.2 Å². The average molecular weight is 387 g/mol. The van der Waals surface area contributed by atoms with E-state index in [4.69, 9.17) is 27.9 Å². The summed E-state index contributed by atoms with van der Waals surface area (Å²) in [4.78, 5) is 13.0. The highest BCUT2D eigenvalue weighted by Gasteiger charge is 2.24. The second-order valence-electron chi connectivity index (χ2n) is 5.02. The Morgan fingerprint density at radius 1 is 1.04 bits per heavy atom. The van der Waals surface area contributed by atoms with E-state index in [1.54, 1.807) is 12.1 Å². The number of benzene rings is 2. The summed E-state index contributed by atoms with van der Waals surface area (Å²) in [5.74, 6) is 0. The van der Waals surface area contributed by atoms with Crippen LogP contribution in [0.4, 0.5) is 16.2 Å². The maximum atomic E-state index is 12.4. The van der Waals surface area contributed by atoms with E-state index in [-0.39, 0.29) is 10.6 Å². The number of cyclic esters (lactones) is 1.